The number of hydrogen-bond donors (Lipinski definition) is 0. The largest absolute Gasteiger partial charge is 0.496 e. The summed E-state index contributed by atoms with van der Waals surface area (Å²) in [5.41, 5.74) is 0.701. The number of nitrogens with zero attached hydrogens (tertiary/aromatic N) is 4. The third-order valence-corrected chi connectivity index (χ3v) is 6.87. The van der Waals surface area contributed by atoms with E-state index in [1.54, 1.807) is 24.3 Å². The van der Waals surface area contributed by atoms with Gasteiger partial charge in [-0.05, 0) is 51.8 Å². The summed E-state index contributed by atoms with van der Waals surface area (Å²) < 4.78 is 5.89. The molecule has 2 saturated heterocycles. The Morgan fingerprint density at radius 3 is 2.22 bits per heavy atom. The smallest absolute Gasteiger partial charge is 0.271 e. The standard InChI is InChI=1S/C24H17BrN4O8/c1-36-19-10-5-13(11-18(19)25)21-20-22(37-27(21)16-3-2-4-17(12-16)29(34)35)24(31)26(23(20)30)14-6-8-15(9-7-14)28(32)33/h2-12,20-22H,1H3. The first-order valence-corrected chi connectivity index (χ1v) is 11.7. The van der Waals surface area contributed by atoms with Crippen LogP contribution < -0.4 is 14.7 Å². The van der Waals surface area contributed by atoms with E-state index in [4.69, 9.17) is 9.57 Å². The van der Waals surface area contributed by atoms with Gasteiger partial charge < -0.3 is 4.74 Å². The first kappa shape index (κ1) is 24.3. The molecule has 37 heavy (non-hydrogen) atoms. The number of benzene rings is 3. The molecule has 2 amide bonds. The summed E-state index contributed by atoms with van der Waals surface area (Å²) in [6.07, 6.45) is -1.21. The third kappa shape index (κ3) is 4.07. The lowest BCUT2D eigenvalue weighted by molar-refractivity contribution is -0.385. The second kappa shape index (κ2) is 9.26. The molecule has 0 saturated carbocycles. The number of ether oxygens (including phenoxy) is 1. The maximum absolute atomic E-state index is 13.7. The van der Waals surface area contributed by atoms with Gasteiger partial charge in [-0.25, -0.2) is 9.96 Å². The predicted molar refractivity (Wildman–Crippen MR) is 133 cm³/mol. The van der Waals surface area contributed by atoms with Gasteiger partial charge in [0.1, 0.15) is 11.7 Å². The normalized spacial score (nSPS) is 20.8. The number of hydrogen-bond acceptors (Lipinski definition) is 9. The Bertz CT molecular complexity index is 1450. The van der Waals surface area contributed by atoms with Crippen molar-refractivity contribution in [1.29, 1.82) is 0 Å². The van der Waals surface area contributed by atoms with Crippen LogP contribution in [0.2, 0.25) is 0 Å². The van der Waals surface area contributed by atoms with E-state index in [0.717, 1.165) is 4.90 Å². The summed E-state index contributed by atoms with van der Waals surface area (Å²) in [5.74, 6) is -1.66. The first-order chi connectivity index (χ1) is 17.7. The minimum absolute atomic E-state index is 0.176. The van der Waals surface area contributed by atoms with E-state index in [1.165, 1.54) is 54.6 Å². The number of nitro benzene ring substituents is 2. The third-order valence-electron chi connectivity index (χ3n) is 6.25. The molecule has 0 spiro atoms. The Labute approximate surface area is 217 Å². The van der Waals surface area contributed by atoms with Crippen molar-refractivity contribution in [1.82, 2.24) is 0 Å². The number of fused-ring (bicyclic) bond motifs is 1. The second-order valence-corrected chi connectivity index (χ2v) is 9.13. The van der Waals surface area contributed by atoms with E-state index in [-0.39, 0.29) is 17.1 Å². The summed E-state index contributed by atoms with van der Waals surface area (Å²) in [5, 5.41) is 23.7. The van der Waals surface area contributed by atoms with Crippen LogP contribution in [0.5, 0.6) is 5.75 Å². The minimum Gasteiger partial charge on any atom is -0.496 e. The molecule has 0 aliphatic carbocycles. The molecule has 0 aromatic heterocycles. The second-order valence-electron chi connectivity index (χ2n) is 8.28. The minimum atomic E-state index is -1.21. The number of anilines is 2. The maximum Gasteiger partial charge on any atom is 0.271 e. The Morgan fingerprint density at radius 1 is 0.892 bits per heavy atom. The van der Waals surface area contributed by atoms with Gasteiger partial charge in [0.2, 0.25) is 5.91 Å². The van der Waals surface area contributed by atoms with Crippen molar-refractivity contribution in [2.75, 3.05) is 17.1 Å². The number of non-ortho nitro benzene ring substituents is 2. The van der Waals surface area contributed by atoms with Crippen molar-refractivity contribution in [3.63, 3.8) is 0 Å². The fourth-order valence-corrected chi connectivity index (χ4v) is 5.12. The number of carbonyl (C=O) groups excluding carboxylic acids is 2. The monoisotopic (exact) mass is 568 g/mol. The summed E-state index contributed by atoms with van der Waals surface area (Å²) >= 11 is 3.44. The number of halogens is 1. The van der Waals surface area contributed by atoms with Crippen LogP contribution in [0.1, 0.15) is 11.6 Å². The van der Waals surface area contributed by atoms with E-state index in [2.05, 4.69) is 15.9 Å². The molecule has 12 nitrogen and oxygen atoms in total. The Morgan fingerprint density at radius 2 is 1.59 bits per heavy atom. The van der Waals surface area contributed by atoms with Gasteiger partial charge in [-0.1, -0.05) is 12.1 Å². The molecule has 2 heterocycles. The molecule has 3 atom stereocenters. The van der Waals surface area contributed by atoms with Gasteiger partial charge in [-0.15, -0.1) is 0 Å². The van der Waals surface area contributed by atoms with E-state index >= 15 is 0 Å². The molecule has 188 valence electrons. The number of methoxy groups -OCH3 is 1. The van der Waals surface area contributed by atoms with Gasteiger partial charge in [0.25, 0.3) is 17.3 Å². The van der Waals surface area contributed by atoms with Crippen LogP contribution in [0, 0.1) is 26.1 Å². The molecule has 3 aromatic carbocycles. The number of hydroxylamine groups is 1. The number of rotatable bonds is 6. The highest BCUT2D eigenvalue weighted by molar-refractivity contribution is 9.10. The highest BCUT2D eigenvalue weighted by Gasteiger charge is 2.60. The van der Waals surface area contributed by atoms with Crippen LogP contribution in [-0.4, -0.2) is 34.9 Å². The topological polar surface area (TPSA) is 145 Å². The van der Waals surface area contributed by atoms with E-state index < -0.39 is 39.7 Å². The van der Waals surface area contributed by atoms with Crippen molar-refractivity contribution in [2.24, 2.45) is 5.92 Å². The van der Waals surface area contributed by atoms with Gasteiger partial charge in [0, 0.05) is 24.3 Å². The lowest BCUT2D eigenvalue weighted by atomic mass is 9.90. The van der Waals surface area contributed by atoms with Crippen LogP contribution in [0.3, 0.4) is 0 Å². The highest BCUT2D eigenvalue weighted by atomic mass is 79.9. The summed E-state index contributed by atoms with van der Waals surface area (Å²) in [6, 6.07) is 15.1. The predicted octanol–water partition coefficient (Wildman–Crippen LogP) is 4.33. The summed E-state index contributed by atoms with van der Waals surface area (Å²) in [6.45, 7) is 0. The van der Waals surface area contributed by atoms with Crippen molar-refractivity contribution < 1.29 is 29.0 Å². The van der Waals surface area contributed by atoms with Gasteiger partial charge in [-0.2, -0.15) is 0 Å². The van der Waals surface area contributed by atoms with Crippen LogP contribution in [-0.2, 0) is 14.4 Å². The van der Waals surface area contributed by atoms with Crippen LogP contribution in [0.25, 0.3) is 0 Å². The molecule has 2 aliphatic heterocycles. The Kier molecular flexibility index (Phi) is 6.09. The first-order valence-electron chi connectivity index (χ1n) is 10.9. The summed E-state index contributed by atoms with van der Waals surface area (Å²) in [4.78, 5) is 55.3. The molecule has 2 fully saturated rings. The maximum atomic E-state index is 13.7. The lowest BCUT2D eigenvalue weighted by Gasteiger charge is -2.29. The number of nitro groups is 2. The Balaban J connectivity index is 1.58. The molecular formula is C24H17BrN4O8. The van der Waals surface area contributed by atoms with Crippen molar-refractivity contribution in [2.45, 2.75) is 12.1 Å². The molecule has 3 unspecified atom stereocenters. The van der Waals surface area contributed by atoms with Crippen molar-refractivity contribution in [3.05, 3.63) is 97.0 Å². The number of carbonyl (C=O) groups is 2. The number of amides is 2. The molecular weight excluding hydrogens is 552 g/mol. The van der Waals surface area contributed by atoms with Gasteiger partial charge in [0.15, 0.2) is 6.10 Å². The molecule has 5 rings (SSSR count). The highest BCUT2D eigenvalue weighted by Crippen LogP contribution is 2.48. The number of imide groups is 1. The quantitative estimate of drug-likeness (QED) is 0.241. The lowest BCUT2D eigenvalue weighted by Crippen LogP contribution is -2.37. The molecule has 0 radical (unpaired) electrons. The average Bonchev–Trinajstić information content (AvgIpc) is 3.40. The Hall–Kier alpha value is -4.36. The van der Waals surface area contributed by atoms with E-state index in [9.17, 15) is 29.8 Å². The van der Waals surface area contributed by atoms with Crippen LogP contribution >= 0.6 is 15.9 Å². The molecule has 3 aromatic rings. The van der Waals surface area contributed by atoms with Crippen LogP contribution in [0.15, 0.2) is 71.2 Å². The zero-order chi connectivity index (χ0) is 26.4. The van der Waals surface area contributed by atoms with Gasteiger partial charge >= 0.3 is 0 Å². The van der Waals surface area contributed by atoms with E-state index in [1.807, 2.05) is 0 Å². The zero-order valence-electron chi connectivity index (χ0n) is 19.0. The van der Waals surface area contributed by atoms with Crippen LogP contribution in [0.4, 0.5) is 22.7 Å². The fourth-order valence-electron chi connectivity index (χ4n) is 4.57. The molecule has 0 N–H and O–H groups in total. The van der Waals surface area contributed by atoms with Crippen molar-refractivity contribution >= 4 is 50.5 Å². The van der Waals surface area contributed by atoms with Gasteiger partial charge in [-0.3, -0.25) is 34.7 Å². The molecule has 2 aliphatic rings. The van der Waals surface area contributed by atoms with Gasteiger partial charge in [0.05, 0.1) is 38.8 Å². The van der Waals surface area contributed by atoms with Crippen molar-refractivity contribution in [3.8, 4) is 5.75 Å². The SMILES string of the molecule is COc1ccc(C2C3C(=O)N(c4ccc([N+](=O)[O-])cc4)C(=O)C3ON2c2cccc([N+](=O)[O-])c2)cc1Br. The average molecular weight is 569 g/mol. The fraction of sp³-hybridized carbons (Fsp3) is 0.167. The molecule has 0 bridgehead atoms. The van der Waals surface area contributed by atoms with E-state index in [0.29, 0.717) is 21.5 Å². The summed E-state index contributed by atoms with van der Waals surface area (Å²) in [7, 11) is 1.51. The molecule has 13 heteroatoms. The zero-order valence-corrected chi connectivity index (χ0v) is 20.6.